The first-order valence-corrected chi connectivity index (χ1v) is 10.2. The van der Waals surface area contributed by atoms with Crippen LogP contribution in [-0.2, 0) is 6.54 Å². The molecule has 0 fully saturated rings. The number of ether oxygens (including phenoxy) is 2. The zero-order chi connectivity index (χ0) is 22.7. The largest absolute Gasteiger partial charge is 0.477 e. The molecule has 0 bridgehead atoms. The zero-order valence-corrected chi connectivity index (χ0v) is 17.2. The third-order valence-electron chi connectivity index (χ3n) is 4.44. The van der Waals surface area contributed by atoms with E-state index >= 15 is 0 Å². The van der Waals surface area contributed by atoms with Crippen molar-refractivity contribution in [1.29, 1.82) is 0 Å². The Balaban J connectivity index is 1.63. The first-order valence-electron chi connectivity index (χ1n) is 9.36. The van der Waals surface area contributed by atoms with E-state index in [4.69, 9.17) is 15.2 Å². The van der Waals surface area contributed by atoms with Gasteiger partial charge in [-0.3, -0.25) is 0 Å². The average Bonchev–Trinajstić information content (AvgIpc) is 3.26. The fraction of sp³-hybridized carbons (Fsp3) is 0.0435. The van der Waals surface area contributed by atoms with Crippen LogP contribution in [0.2, 0.25) is 0 Å². The molecule has 2 heterocycles. The second kappa shape index (κ2) is 9.13. The van der Waals surface area contributed by atoms with Crippen molar-refractivity contribution in [2.24, 2.45) is 5.73 Å². The first kappa shape index (κ1) is 21.4. The van der Waals surface area contributed by atoms with Gasteiger partial charge in [-0.15, -0.1) is 11.3 Å². The summed E-state index contributed by atoms with van der Waals surface area (Å²) in [6.07, 6.45) is 0. The molecular formula is C23H16F2N2O4S. The number of carbonyl (C=O) groups is 1. The maximum atomic E-state index is 14.3. The summed E-state index contributed by atoms with van der Waals surface area (Å²) in [6.45, 7) is 0.394. The van der Waals surface area contributed by atoms with Crippen LogP contribution in [0.15, 0.2) is 66.0 Å². The average molecular weight is 454 g/mol. The van der Waals surface area contributed by atoms with Gasteiger partial charge >= 0.3 is 5.97 Å². The van der Waals surface area contributed by atoms with Crippen LogP contribution in [0.25, 0.3) is 11.1 Å². The molecule has 4 aromatic rings. The summed E-state index contributed by atoms with van der Waals surface area (Å²) >= 11 is 0.907. The molecule has 0 spiro atoms. The number of thiophene rings is 1. The monoisotopic (exact) mass is 454 g/mol. The molecule has 3 N–H and O–H groups in total. The SMILES string of the molecule is NCc1cccc(-c2cccc(Oc3nc(Oc4ccsc4C(=O)O)c(F)cc3F)c2)c1. The van der Waals surface area contributed by atoms with E-state index in [2.05, 4.69) is 4.98 Å². The Hall–Kier alpha value is -3.82. The molecule has 0 saturated carbocycles. The maximum absolute atomic E-state index is 14.3. The van der Waals surface area contributed by atoms with Gasteiger partial charge in [0.15, 0.2) is 22.3 Å². The highest BCUT2D eigenvalue weighted by Gasteiger charge is 2.20. The van der Waals surface area contributed by atoms with Gasteiger partial charge in [0.25, 0.3) is 11.8 Å². The smallest absolute Gasteiger partial charge is 0.349 e. The van der Waals surface area contributed by atoms with Crippen LogP contribution in [0, 0.1) is 11.6 Å². The van der Waals surface area contributed by atoms with Crippen LogP contribution in [0.4, 0.5) is 8.78 Å². The van der Waals surface area contributed by atoms with E-state index in [1.54, 1.807) is 18.2 Å². The molecule has 0 aliphatic carbocycles. The fourth-order valence-corrected chi connectivity index (χ4v) is 3.60. The summed E-state index contributed by atoms with van der Waals surface area (Å²) in [5, 5.41) is 10.6. The molecule has 0 unspecified atom stereocenters. The summed E-state index contributed by atoms with van der Waals surface area (Å²) < 4.78 is 39.4. The molecule has 32 heavy (non-hydrogen) atoms. The molecule has 4 rings (SSSR count). The maximum Gasteiger partial charge on any atom is 0.349 e. The quantitative estimate of drug-likeness (QED) is 0.365. The molecular weight excluding hydrogens is 438 g/mol. The van der Waals surface area contributed by atoms with Crippen LogP contribution in [0.5, 0.6) is 23.3 Å². The summed E-state index contributed by atoms with van der Waals surface area (Å²) in [5.74, 6) is -4.31. The number of nitrogens with zero attached hydrogens (tertiary/aromatic N) is 1. The van der Waals surface area contributed by atoms with Crippen molar-refractivity contribution < 1.29 is 28.2 Å². The fourth-order valence-electron chi connectivity index (χ4n) is 2.94. The third kappa shape index (κ3) is 4.58. The van der Waals surface area contributed by atoms with Gasteiger partial charge in [-0.25, -0.2) is 13.6 Å². The van der Waals surface area contributed by atoms with Gasteiger partial charge in [-0.1, -0.05) is 30.3 Å². The normalized spacial score (nSPS) is 10.7. The molecule has 0 aliphatic rings. The molecule has 0 radical (unpaired) electrons. The highest BCUT2D eigenvalue weighted by molar-refractivity contribution is 7.12. The van der Waals surface area contributed by atoms with Crippen molar-refractivity contribution in [3.05, 3.63) is 88.1 Å². The lowest BCUT2D eigenvalue weighted by atomic mass is 10.0. The standard InChI is InChI=1S/C23H16F2N2O4S/c24-17-11-18(25)22(31-19-7-8-32-20(19)23(28)29)27-21(17)30-16-6-2-5-15(10-16)14-4-1-3-13(9-14)12-26/h1-11H,12,26H2,(H,28,29). The van der Waals surface area contributed by atoms with Crippen molar-refractivity contribution in [3.8, 4) is 34.4 Å². The topological polar surface area (TPSA) is 94.7 Å². The molecule has 9 heteroatoms. The van der Waals surface area contributed by atoms with Gasteiger partial charge in [0.2, 0.25) is 0 Å². The highest BCUT2D eigenvalue weighted by atomic mass is 32.1. The van der Waals surface area contributed by atoms with Gasteiger partial charge in [0.1, 0.15) is 5.75 Å². The van der Waals surface area contributed by atoms with E-state index in [1.165, 1.54) is 11.4 Å². The van der Waals surface area contributed by atoms with Crippen LogP contribution >= 0.6 is 11.3 Å². The Bertz CT molecular complexity index is 1290. The van der Waals surface area contributed by atoms with Crippen molar-refractivity contribution in [2.45, 2.75) is 6.54 Å². The lowest BCUT2D eigenvalue weighted by Crippen LogP contribution is -2.01. The van der Waals surface area contributed by atoms with E-state index in [-0.39, 0.29) is 16.4 Å². The molecule has 0 amide bonds. The molecule has 6 nitrogen and oxygen atoms in total. The minimum atomic E-state index is -1.23. The second-order valence-electron chi connectivity index (χ2n) is 6.62. The van der Waals surface area contributed by atoms with Gasteiger partial charge < -0.3 is 20.3 Å². The molecule has 0 aliphatic heterocycles. The Kier molecular flexibility index (Phi) is 6.11. The lowest BCUT2D eigenvalue weighted by Gasteiger charge is -2.11. The number of rotatable bonds is 7. The number of pyridine rings is 1. The van der Waals surface area contributed by atoms with Crippen molar-refractivity contribution in [2.75, 3.05) is 0 Å². The summed E-state index contributed by atoms with van der Waals surface area (Å²) in [4.78, 5) is 14.9. The molecule has 2 aromatic carbocycles. The third-order valence-corrected chi connectivity index (χ3v) is 5.32. The minimum Gasteiger partial charge on any atom is -0.477 e. The summed E-state index contributed by atoms with van der Waals surface area (Å²) in [7, 11) is 0. The van der Waals surface area contributed by atoms with E-state index in [0.29, 0.717) is 12.6 Å². The number of aromatic nitrogens is 1. The Morgan fingerprint density at radius 3 is 2.38 bits per heavy atom. The Morgan fingerprint density at radius 1 is 0.969 bits per heavy atom. The van der Waals surface area contributed by atoms with E-state index in [1.807, 2.05) is 30.3 Å². The lowest BCUT2D eigenvalue weighted by molar-refractivity contribution is 0.0699. The van der Waals surface area contributed by atoms with Crippen LogP contribution < -0.4 is 15.2 Å². The molecule has 0 atom stereocenters. The number of halogens is 2. The highest BCUT2D eigenvalue weighted by Crippen LogP contribution is 2.34. The predicted molar refractivity (Wildman–Crippen MR) is 115 cm³/mol. The molecule has 0 saturated heterocycles. The number of hydrogen-bond acceptors (Lipinski definition) is 6. The number of hydrogen-bond donors (Lipinski definition) is 2. The number of benzene rings is 2. The van der Waals surface area contributed by atoms with Crippen molar-refractivity contribution >= 4 is 17.3 Å². The van der Waals surface area contributed by atoms with Gasteiger partial charge in [0, 0.05) is 12.6 Å². The number of carboxylic acid groups (broad SMARTS) is 1. The van der Waals surface area contributed by atoms with Gasteiger partial charge in [-0.05, 0) is 46.3 Å². The van der Waals surface area contributed by atoms with Crippen molar-refractivity contribution in [3.63, 3.8) is 0 Å². The zero-order valence-electron chi connectivity index (χ0n) is 16.4. The minimum absolute atomic E-state index is 0.103. The number of carboxylic acids is 1. The van der Waals surface area contributed by atoms with Crippen LogP contribution in [-0.4, -0.2) is 16.1 Å². The number of aromatic carboxylic acids is 1. The van der Waals surface area contributed by atoms with Crippen LogP contribution in [0.3, 0.4) is 0 Å². The number of nitrogens with two attached hydrogens (primary N) is 1. The predicted octanol–water partition coefficient (Wildman–Crippen LogP) is 5.83. The van der Waals surface area contributed by atoms with E-state index in [0.717, 1.165) is 28.0 Å². The Labute approximate surface area is 185 Å². The van der Waals surface area contributed by atoms with E-state index in [9.17, 15) is 18.7 Å². The van der Waals surface area contributed by atoms with Crippen LogP contribution in [0.1, 0.15) is 15.2 Å². The van der Waals surface area contributed by atoms with Gasteiger partial charge in [0.05, 0.1) is 0 Å². The van der Waals surface area contributed by atoms with Gasteiger partial charge in [-0.2, -0.15) is 4.98 Å². The summed E-state index contributed by atoms with van der Waals surface area (Å²) in [5.41, 5.74) is 8.36. The summed E-state index contributed by atoms with van der Waals surface area (Å²) in [6, 6.07) is 16.4. The van der Waals surface area contributed by atoms with Crippen molar-refractivity contribution in [1.82, 2.24) is 4.98 Å². The molecule has 2 aromatic heterocycles. The first-order chi connectivity index (χ1) is 15.4. The molecule has 162 valence electrons. The van der Waals surface area contributed by atoms with E-state index < -0.39 is 29.4 Å². The Morgan fingerprint density at radius 2 is 1.66 bits per heavy atom. The second-order valence-corrected chi connectivity index (χ2v) is 7.53.